The topological polar surface area (TPSA) is 40.5 Å². The number of aliphatic hydroxyl groups is 2. The van der Waals surface area contributed by atoms with Crippen molar-refractivity contribution in [1.82, 2.24) is 0 Å². The van der Waals surface area contributed by atoms with E-state index in [2.05, 4.69) is 0 Å². The highest BCUT2D eigenvalue weighted by Crippen LogP contribution is 2.05. The zero-order valence-corrected chi connectivity index (χ0v) is 6.14. The van der Waals surface area contributed by atoms with Crippen molar-refractivity contribution in [1.29, 1.82) is 0 Å². The third kappa shape index (κ3) is 6.09. The Morgan fingerprint density at radius 3 is 2.33 bits per heavy atom. The van der Waals surface area contributed by atoms with E-state index in [0.717, 1.165) is 19.3 Å². The molecule has 0 aliphatic heterocycles. The van der Waals surface area contributed by atoms with Crippen molar-refractivity contribution in [3.63, 3.8) is 0 Å². The van der Waals surface area contributed by atoms with Crippen LogP contribution in [0.4, 0.5) is 0 Å². The first-order valence-electron chi connectivity index (χ1n) is 3.17. The van der Waals surface area contributed by atoms with Crippen LogP contribution >= 0.6 is 11.6 Å². The molecule has 0 aliphatic carbocycles. The summed E-state index contributed by atoms with van der Waals surface area (Å²) in [5.41, 5.74) is 0. The quantitative estimate of drug-likeness (QED) is 0.451. The normalized spacial score (nSPS) is 13.7. The number of hydrogen-bond donors (Lipinski definition) is 2. The van der Waals surface area contributed by atoms with Gasteiger partial charge in [0.2, 0.25) is 0 Å². The molecule has 0 spiro atoms. The molecular weight excluding hydrogens is 140 g/mol. The summed E-state index contributed by atoms with van der Waals surface area (Å²) in [5.74, 6) is 0. The molecule has 0 saturated carbocycles. The highest BCUT2D eigenvalue weighted by atomic mass is 35.5. The molecule has 1 atom stereocenters. The van der Waals surface area contributed by atoms with Crippen molar-refractivity contribution in [2.75, 3.05) is 13.2 Å². The van der Waals surface area contributed by atoms with Crippen LogP contribution in [0.2, 0.25) is 0 Å². The van der Waals surface area contributed by atoms with E-state index in [1.807, 2.05) is 0 Å². The molecule has 0 aromatic heterocycles. The second-order valence-electron chi connectivity index (χ2n) is 2.00. The van der Waals surface area contributed by atoms with E-state index in [-0.39, 0.29) is 18.6 Å². The molecule has 0 aromatic carbocycles. The van der Waals surface area contributed by atoms with Gasteiger partial charge >= 0.3 is 0 Å². The molecule has 3 heteroatoms. The lowest BCUT2D eigenvalue weighted by atomic mass is 10.2. The summed E-state index contributed by atoms with van der Waals surface area (Å²) in [7, 11) is 0. The van der Waals surface area contributed by atoms with E-state index in [1.165, 1.54) is 0 Å². The van der Waals surface area contributed by atoms with E-state index in [0.29, 0.717) is 0 Å². The fraction of sp³-hybridized carbons (Fsp3) is 1.00. The van der Waals surface area contributed by atoms with Gasteiger partial charge in [0.15, 0.2) is 0 Å². The minimum atomic E-state index is -0.128. The van der Waals surface area contributed by atoms with Crippen LogP contribution in [-0.4, -0.2) is 28.8 Å². The lowest BCUT2D eigenvalue weighted by Gasteiger charge is -2.02. The molecule has 0 fully saturated rings. The number of rotatable bonds is 5. The summed E-state index contributed by atoms with van der Waals surface area (Å²) >= 11 is 5.57. The van der Waals surface area contributed by atoms with Gasteiger partial charge in [-0.25, -0.2) is 0 Å². The van der Waals surface area contributed by atoms with E-state index in [9.17, 15) is 0 Å². The molecule has 56 valence electrons. The minimum absolute atomic E-state index is 0.0347. The predicted molar refractivity (Wildman–Crippen MR) is 37.7 cm³/mol. The average Bonchev–Trinajstić information content (AvgIpc) is 1.89. The standard InChI is InChI=1S/C6H13ClO2/c7-6(5-9)3-1-2-4-8/h6,8-9H,1-5H2. The van der Waals surface area contributed by atoms with Gasteiger partial charge < -0.3 is 10.2 Å². The van der Waals surface area contributed by atoms with E-state index in [4.69, 9.17) is 21.8 Å². The molecule has 2 nitrogen and oxygen atoms in total. The van der Waals surface area contributed by atoms with Crippen LogP contribution in [0, 0.1) is 0 Å². The molecule has 0 radical (unpaired) electrons. The summed E-state index contributed by atoms with van der Waals surface area (Å²) in [6, 6.07) is 0. The van der Waals surface area contributed by atoms with Crippen LogP contribution < -0.4 is 0 Å². The highest BCUT2D eigenvalue weighted by molar-refractivity contribution is 6.20. The van der Waals surface area contributed by atoms with Crippen LogP contribution in [0.3, 0.4) is 0 Å². The van der Waals surface area contributed by atoms with Crippen molar-refractivity contribution < 1.29 is 10.2 Å². The Labute approximate surface area is 60.5 Å². The Morgan fingerprint density at radius 1 is 1.22 bits per heavy atom. The molecular formula is C6H13ClO2. The number of alkyl halides is 1. The molecule has 0 aliphatic rings. The van der Waals surface area contributed by atoms with Gasteiger partial charge in [-0.1, -0.05) is 0 Å². The third-order valence-corrected chi connectivity index (χ3v) is 1.48. The maximum absolute atomic E-state index is 8.44. The summed E-state index contributed by atoms with van der Waals surface area (Å²) in [6.45, 7) is 0.252. The van der Waals surface area contributed by atoms with Crippen LogP contribution in [0.1, 0.15) is 19.3 Å². The fourth-order valence-corrected chi connectivity index (χ4v) is 0.723. The maximum atomic E-state index is 8.44. The van der Waals surface area contributed by atoms with E-state index < -0.39 is 0 Å². The molecule has 1 unspecified atom stereocenters. The van der Waals surface area contributed by atoms with Crippen LogP contribution in [0.25, 0.3) is 0 Å². The van der Waals surface area contributed by atoms with E-state index >= 15 is 0 Å². The van der Waals surface area contributed by atoms with Crippen LogP contribution in [0.5, 0.6) is 0 Å². The maximum Gasteiger partial charge on any atom is 0.0595 e. The molecule has 0 rings (SSSR count). The van der Waals surface area contributed by atoms with Crippen LogP contribution in [-0.2, 0) is 0 Å². The summed E-state index contributed by atoms with van der Waals surface area (Å²) in [5, 5.41) is 16.7. The first kappa shape index (κ1) is 9.21. The minimum Gasteiger partial charge on any atom is -0.396 e. The van der Waals surface area contributed by atoms with E-state index in [1.54, 1.807) is 0 Å². The van der Waals surface area contributed by atoms with Crippen molar-refractivity contribution in [3.8, 4) is 0 Å². The average molecular weight is 153 g/mol. The van der Waals surface area contributed by atoms with Crippen molar-refractivity contribution >= 4 is 11.6 Å². The Bertz CT molecular complexity index is 59.0. The summed E-state index contributed by atoms with van der Waals surface area (Å²) in [4.78, 5) is 0. The SMILES string of the molecule is OCCCCC(Cl)CO. The molecule has 0 bridgehead atoms. The highest BCUT2D eigenvalue weighted by Gasteiger charge is 1.99. The monoisotopic (exact) mass is 152 g/mol. The van der Waals surface area contributed by atoms with Gasteiger partial charge in [-0.15, -0.1) is 11.6 Å². The fourth-order valence-electron chi connectivity index (χ4n) is 0.569. The second kappa shape index (κ2) is 6.33. The zero-order chi connectivity index (χ0) is 7.11. The van der Waals surface area contributed by atoms with Gasteiger partial charge in [0.1, 0.15) is 0 Å². The lowest BCUT2D eigenvalue weighted by Crippen LogP contribution is -2.03. The summed E-state index contributed by atoms with van der Waals surface area (Å²) < 4.78 is 0. The smallest absolute Gasteiger partial charge is 0.0595 e. The molecule has 2 N–H and O–H groups in total. The van der Waals surface area contributed by atoms with Crippen molar-refractivity contribution in [3.05, 3.63) is 0 Å². The van der Waals surface area contributed by atoms with Gasteiger partial charge in [0.25, 0.3) is 0 Å². The van der Waals surface area contributed by atoms with Crippen molar-refractivity contribution in [2.45, 2.75) is 24.6 Å². The second-order valence-corrected chi connectivity index (χ2v) is 2.62. The van der Waals surface area contributed by atoms with Gasteiger partial charge in [0, 0.05) is 6.61 Å². The Morgan fingerprint density at radius 2 is 1.89 bits per heavy atom. The number of aliphatic hydroxyl groups excluding tert-OH is 2. The van der Waals surface area contributed by atoms with Gasteiger partial charge in [0.05, 0.1) is 12.0 Å². The molecule has 0 aromatic rings. The molecule has 9 heavy (non-hydrogen) atoms. The number of unbranched alkanes of at least 4 members (excludes halogenated alkanes) is 1. The largest absolute Gasteiger partial charge is 0.396 e. The molecule has 0 amide bonds. The Balaban J connectivity index is 2.88. The Hall–Kier alpha value is 0.210. The van der Waals surface area contributed by atoms with Gasteiger partial charge in [-0.2, -0.15) is 0 Å². The number of halogens is 1. The zero-order valence-electron chi connectivity index (χ0n) is 5.39. The first-order chi connectivity index (χ1) is 4.31. The summed E-state index contributed by atoms with van der Waals surface area (Å²) in [6.07, 6.45) is 2.47. The van der Waals surface area contributed by atoms with Gasteiger partial charge in [-0.3, -0.25) is 0 Å². The third-order valence-electron chi connectivity index (χ3n) is 1.12. The van der Waals surface area contributed by atoms with Gasteiger partial charge in [-0.05, 0) is 19.3 Å². The number of hydrogen-bond acceptors (Lipinski definition) is 2. The first-order valence-corrected chi connectivity index (χ1v) is 3.60. The molecule has 0 heterocycles. The molecule has 0 saturated heterocycles. The Kier molecular flexibility index (Phi) is 6.48. The van der Waals surface area contributed by atoms with Crippen LogP contribution in [0.15, 0.2) is 0 Å². The predicted octanol–water partition coefficient (Wildman–Crippen LogP) is 0.749. The van der Waals surface area contributed by atoms with Crippen molar-refractivity contribution in [2.24, 2.45) is 0 Å². The lowest BCUT2D eigenvalue weighted by molar-refractivity contribution is 0.267.